The minimum atomic E-state index is 0.682. The number of hydrogen-bond acceptors (Lipinski definition) is 1. The van der Waals surface area contributed by atoms with E-state index in [1.54, 1.807) is 0 Å². The maximum Gasteiger partial charge on any atom is 0.00200 e. The van der Waals surface area contributed by atoms with E-state index in [0.29, 0.717) is 5.92 Å². The number of unbranched alkanes of at least 4 members (excludes halogenated alkanes) is 2. The standard InChI is InChI=1S/C16H27N/c1-4-6-7-10-16(13-17-5-2)15-11-8-9-14(3)12-15/h8-9,11-12,16-17H,4-7,10,13H2,1-3H3. The molecule has 0 saturated heterocycles. The van der Waals surface area contributed by atoms with Gasteiger partial charge in [0.2, 0.25) is 0 Å². The van der Waals surface area contributed by atoms with Gasteiger partial charge in [-0.05, 0) is 31.4 Å². The Labute approximate surface area is 107 Å². The molecule has 0 aliphatic rings. The molecule has 1 atom stereocenters. The Kier molecular flexibility index (Phi) is 6.95. The fourth-order valence-corrected chi connectivity index (χ4v) is 2.27. The van der Waals surface area contributed by atoms with Gasteiger partial charge in [0.05, 0.1) is 0 Å². The number of nitrogens with one attached hydrogen (secondary N) is 1. The van der Waals surface area contributed by atoms with Crippen LogP contribution in [0.1, 0.15) is 56.6 Å². The second kappa shape index (κ2) is 8.30. The van der Waals surface area contributed by atoms with Crippen molar-refractivity contribution in [1.82, 2.24) is 5.32 Å². The van der Waals surface area contributed by atoms with Gasteiger partial charge in [-0.15, -0.1) is 0 Å². The summed E-state index contributed by atoms with van der Waals surface area (Å²) in [5.74, 6) is 0.682. The third-order valence-electron chi connectivity index (χ3n) is 3.31. The van der Waals surface area contributed by atoms with Crippen LogP contribution in [0.25, 0.3) is 0 Å². The molecule has 0 heterocycles. The van der Waals surface area contributed by atoms with Gasteiger partial charge in [0.25, 0.3) is 0 Å². The number of likely N-dealkylation sites (N-methyl/N-ethyl adjacent to an activating group) is 1. The highest BCUT2D eigenvalue weighted by Gasteiger charge is 2.10. The van der Waals surface area contributed by atoms with Gasteiger partial charge in [0.1, 0.15) is 0 Å². The van der Waals surface area contributed by atoms with Crippen molar-refractivity contribution in [3.8, 4) is 0 Å². The lowest BCUT2D eigenvalue weighted by Crippen LogP contribution is -2.21. The highest BCUT2D eigenvalue weighted by atomic mass is 14.8. The predicted molar refractivity (Wildman–Crippen MR) is 76.6 cm³/mol. The fourth-order valence-electron chi connectivity index (χ4n) is 2.27. The van der Waals surface area contributed by atoms with Crippen molar-refractivity contribution in [2.24, 2.45) is 0 Å². The predicted octanol–water partition coefficient (Wildman–Crippen LogP) is 4.27. The summed E-state index contributed by atoms with van der Waals surface area (Å²) in [6.45, 7) is 8.81. The van der Waals surface area contributed by atoms with Crippen molar-refractivity contribution in [3.63, 3.8) is 0 Å². The molecule has 0 aromatic heterocycles. The molecule has 0 aliphatic carbocycles. The van der Waals surface area contributed by atoms with Gasteiger partial charge in [0, 0.05) is 6.54 Å². The van der Waals surface area contributed by atoms with Crippen molar-refractivity contribution in [1.29, 1.82) is 0 Å². The van der Waals surface area contributed by atoms with Crippen molar-refractivity contribution in [2.75, 3.05) is 13.1 Å². The monoisotopic (exact) mass is 233 g/mol. The molecule has 1 unspecified atom stereocenters. The van der Waals surface area contributed by atoms with Gasteiger partial charge in [-0.25, -0.2) is 0 Å². The van der Waals surface area contributed by atoms with Crippen LogP contribution in [0, 0.1) is 6.92 Å². The number of aryl methyl sites for hydroxylation is 1. The van der Waals surface area contributed by atoms with Gasteiger partial charge in [-0.3, -0.25) is 0 Å². The second-order valence-corrected chi connectivity index (χ2v) is 4.91. The number of benzene rings is 1. The summed E-state index contributed by atoms with van der Waals surface area (Å²) in [5, 5.41) is 3.49. The molecule has 96 valence electrons. The Morgan fingerprint density at radius 2 is 2.00 bits per heavy atom. The van der Waals surface area contributed by atoms with Crippen molar-refractivity contribution in [2.45, 2.75) is 52.4 Å². The molecule has 0 spiro atoms. The van der Waals surface area contributed by atoms with Crippen LogP contribution in [0.3, 0.4) is 0 Å². The zero-order valence-electron chi connectivity index (χ0n) is 11.6. The van der Waals surface area contributed by atoms with Crippen LogP contribution < -0.4 is 5.32 Å². The van der Waals surface area contributed by atoms with Crippen LogP contribution >= 0.6 is 0 Å². The minimum absolute atomic E-state index is 0.682. The molecule has 0 aliphatic heterocycles. The maximum atomic E-state index is 3.49. The quantitative estimate of drug-likeness (QED) is 0.661. The van der Waals surface area contributed by atoms with Gasteiger partial charge in [-0.2, -0.15) is 0 Å². The SMILES string of the molecule is CCCCCC(CNCC)c1cccc(C)c1. The third-order valence-corrected chi connectivity index (χ3v) is 3.31. The Morgan fingerprint density at radius 3 is 2.65 bits per heavy atom. The van der Waals surface area contributed by atoms with Crippen LogP contribution in [0.2, 0.25) is 0 Å². The van der Waals surface area contributed by atoms with E-state index >= 15 is 0 Å². The topological polar surface area (TPSA) is 12.0 Å². The molecule has 1 heteroatoms. The third kappa shape index (κ3) is 5.36. The Hall–Kier alpha value is -0.820. The zero-order chi connectivity index (χ0) is 12.5. The molecule has 1 N–H and O–H groups in total. The van der Waals surface area contributed by atoms with Crippen LogP contribution in [0.15, 0.2) is 24.3 Å². The Balaban J connectivity index is 2.60. The molecule has 0 saturated carbocycles. The maximum absolute atomic E-state index is 3.49. The number of hydrogen-bond donors (Lipinski definition) is 1. The zero-order valence-corrected chi connectivity index (χ0v) is 11.6. The lowest BCUT2D eigenvalue weighted by molar-refractivity contribution is 0.527. The normalized spacial score (nSPS) is 12.6. The first-order valence-electron chi connectivity index (χ1n) is 7.05. The van der Waals surface area contributed by atoms with Crippen LogP contribution in [-0.2, 0) is 0 Å². The molecule has 0 amide bonds. The van der Waals surface area contributed by atoms with Crippen molar-refractivity contribution < 1.29 is 0 Å². The van der Waals surface area contributed by atoms with Gasteiger partial charge >= 0.3 is 0 Å². The minimum Gasteiger partial charge on any atom is -0.316 e. The summed E-state index contributed by atoms with van der Waals surface area (Å²) in [6.07, 6.45) is 5.32. The first kappa shape index (κ1) is 14.2. The highest BCUT2D eigenvalue weighted by molar-refractivity contribution is 5.25. The van der Waals surface area contributed by atoms with Crippen LogP contribution in [0.5, 0.6) is 0 Å². The van der Waals surface area contributed by atoms with E-state index in [1.807, 2.05) is 0 Å². The van der Waals surface area contributed by atoms with Crippen LogP contribution in [-0.4, -0.2) is 13.1 Å². The van der Waals surface area contributed by atoms with E-state index < -0.39 is 0 Å². The molecule has 17 heavy (non-hydrogen) atoms. The van der Waals surface area contributed by atoms with Gasteiger partial charge in [0.15, 0.2) is 0 Å². The Morgan fingerprint density at radius 1 is 1.18 bits per heavy atom. The van der Waals surface area contributed by atoms with E-state index in [0.717, 1.165) is 13.1 Å². The first-order chi connectivity index (χ1) is 8.27. The lowest BCUT2D eigenvalue weighted by Gasteiger charge is -2.18. The summed E-state index contributed by atoms with van der Waals surface area (Å²) in [6, 6.07) is 8.98. The summed E-state index contributed by atoms with van der Waals surface area (Å²) < 4.78 is 0. The second-order valence-electron chi connectivity index (χ2n) is 4.91. The van der Waals surface area contributed by atoms with Crippen molar-refractivity contribution >= 4 is 0 Å². The first-order valence-corrected chi connectivity index (χ1v) is 7.05. The van der Waals surface area contributed by atoms with E-state index in [4.69, 9.17) is 0 Å². The molecule has 0 radical (unpaired) electrons. The molecule has 1 rings (SSSR count). The molecule has 0 bridgehead atoms. The van der Waals surface area contributed by atoms with E-state index in [1.165, 1.54) is 36.8 Å². The molecular formula is C16H27N. The molecule has 0 fully saturated rings. The van der Waals surface area contributed by atoms with E-state index in [2.05, 4.69) is 50.4 Å². The van der Waals surface area contributed by atoms with Gasteiger partial charge < -0.3 is 5.32 Å². The summed E-state index contributed by atoms with van der Waals surface area (Å²) in [7, 11) is 0. The number of rotatable bonds is 8. The van der Waals surface area contributed by atoms with Crippen LogP contribution in [0.4, 0.5) is 0 Å². The smallest absolute Gasteiger partial charge is 0.00200 e. The molecule has 1 aromatic rings. The van der Waals surface area contributed by atoms with Gasteiger partial charge in [-0.1, -0.05) is 62.9 Å². The summed E-state index contributed by atoms with van der Waals surface area (Å²) in [4.78, 5) is 0. The van der Waals surface area contributed by atoms with E-state index in [9.17, 15) is 0 Å². The lowest BCUT2D eigenvalue weighted by atomic mass is 9.92. The molecule has 1 aromatic carbocycles. The largest absolute Gasteiger partial charge is 0.316 e. The van der Waals surface area contributed by atoms with Crippen molar-refractivity contribution in [3.05, 3.63) is 35.4 Å². The average molecular weight is 233 g/mol. The van der Waals surface area contributed by atoms with E-state index in [-0.39, 0.29) is 0 Å². The fraction of sp³-hybridized carbons (Fsp3) is 0.625. The molecular weight excluding hydrogens is 206 g/mol. The summed E-state index contributed by atoms with van der Waals surface area (Å²) >= 11 is 0. The molecule has 1 nitrogen and oxygen atoms in total. The Bertz CT molecular complexity index is 306. The highest BCUT2D eigenvalue weighted by Crippen LogP contribution is 2.22. The average Bonchev–Trinajstić information content (AvgIpc) is 2.33. The summed E-state index contributed by atoms with van der Waals surface area (Å²) in [5.41, 5.74) is 2.88.